The maximum atomic E-state index is 13.6. The predicted octanol–water partition coefficient (Wildman–Crippen LogP) is 6.26. The summed E-state index contributed by atoms with van der Waals surface area (Å²) in [6.07, 6.45) is 3.73. The van der Waals surface area contributed by atoms with E-state index >= 15 is 0 Å². The SMILES string of the molecule is COC(=O)NC(C(=O)N1CCCC1c1ncc(-c2ccc3cc(-c4ccc5[nH]c(C6CCCN6C(=O)C(NC(=O)OC)C(C)C)nc5n4)ccc3c2)[nH]1)C(C)C. The molecule has 0 saturated carbocycles. The molecule has 2 aromatic carbocycles. The minimum absolute atomic E-state index is 0.112. The van der Waals surface area contributed by atoms with Crippen LogP contribution in [0, 0.1) is 11.8 Å². The van der Waals surface area contributed by atoms with Crippen LogP contribution in [0.25, 0.3) is 44.5 Å². The second-order valence-corrected chi connectivity index (χ2v) is 15.2. The number of hydrogen-bond donors (Lipinski definition) is 4. The predicted molar refractivity (Wildman–Crippen MR) is 210 cm³/mol. The Morgan fingerprint density at radius 1 is 0.714 bits per heavy atom. The second kappa shape index (κ2) is 16.0. The van der Waals surface area contributed by atoms with Gasteiger partial charge in [0, 0.05) is 24.2 Å². The third-order valence-corrected chi connectivity index (χ3v) is 10.9. The number of methoxy groups -OCH3 is 2. The minimum atomic E-state index is -0.708. The van der Waals surface area contributed by atoms with Crippen LogP contribution in [0.15, 0.2) is 54.7 Å². The van der Waals surface area contributed by atoms with Gasteiger partial charge in [-0.25, -0.2) is 24.5 Å². The second-order valence-electron chi connectivity index (χ2n) is 15.2. The van der Waals surface area contributed by atoms with E-state index in [9.17, 15) is 19.2 Å². The molecule has 0 spiro atoms. The number of likely N-dealkylation sites (tertiary alicyclic amines) is 2. The molecule has 15 heteroatoms. The maximum Gasteiger partial charge on any atom is 0.407 e. The number of fused-ring (bicyclic) bond motifs is 2. The number of aromatic nitrogens is 5. The van der Waals surface area contributed by atoms with E-state index < -0.39 is 24.3 Å². The summed E-state index contributed by atoms with van der Waals surface area (Å²) in [4.78, 5) is 76.1. The number of rotatable bonds is 10. The molecule has 294 valence electrons. The van der Waals surface area contributed by atoms with Crippen LogP contribution in [0.3, 0.4) is 0 Å². The van der Waals surface area contributed by atoms with Crippen LogP contribution in [-0.2, 0) is 19.1 Å². The lowest BCUT2D eigenvalue weighted by Gasteiger charge is -2.30. The highest BCUT2D eigenvalue weighted by Crippen LogP contribution is 2.35. The fourth-order valence-corrected chi connectivity index (χ4v) is 7.84. The molecule has 2 aliphatic heterocycles. The fourth-order valence-electron chi connectivity index (χ4n) is 7.84. The van der Waals surface area contributed by atoms with Gasteiger partial charge in [-0.15, -0.1) is 0 Å². The van der Waals surface area contributed by atoms with Crippen LogP contribution < -0.4 is 10.6 Å². The molecule has 7 rings (SSSR count). The standard InChI is InChI=1S/C41H49N9O6/c1-22(2)33(46-40(53)55-5)38(51)49-17-7-9-31(49)36-42-21-30(45-36)27-14-12-24-19-26(13-11-25(24)20-27)28-15-16-29-35(43-28)48-37(44-29)32-10-8-18-50(32)39(52)34(23(3)4)47-41(54)56-6/h11-16,19-23,31-34H,7-10,17-18H2,1-6H3,(H,42,45)(H,46,53)(H,47,54)(H,43,44,48). The van der Waals surface area contributed by atoms with Gasteiger partial charge in [0.15, 0.2) is 5.65 Å². The topological polar surface area (TPSA) is 188 Å². The number of carbonyl (C=O) groups excluding carboxylic acids is 4. The first kappa shape index (κ1) is 38.3. The van der Waals surface area contributed by atoms with E-state index in [1.807, 2.05) is 52.0 Å². The van der Waals surface area contributed by atoms with E-state index in [1.54, 1.807) is 16.0 Å². The Kier molecular flexibility index (Phi) is 10.9. The molecule has 56 heavy (non-hydrogen) atoms. The van der Waals surface area contributed by atoms with E-state index in [2.05, 4.69) is 44.9 Å². The molecule has 0 bridgehead atoms. The number of hydrogen-bond acceptors (Lipinski definition) is 9. The van der Waals surface area contributed by atoms with Crippen molar-refractivity contribution in [3.63, 3.8) is 0 Å². The van der Waals surface area contributed by atoms with Gasteiger partial charge in [0.05, 0.1) is 49.4 Å². The van der Waals surface area contributed by atoms with E-state index in [0.29, 0.717) is 30.4 Å². The minimum Gasteiger partial charge on any atom is -0.453 e. The van der Waals surface area contributed by atoms with E-state index in [1.165, 1.54) is 14.2 Å². The highest BCUT2D eigenvalue weighted by atomic mass is 16.5. The van der Waals surface area contributed by atoms with Gasteiger partial charge >= 0.3 is 12.2 Å². The number of imidazole rings is 2. The van der Waals surface area contributed by atoms with Gasteiger partial charge in [-0.1, -0.05) is 52.0 Å². The number of nitrogens with one attached hydrogen (secondary N) is 4. The van der Waals surface area contributed by atoms with Gasteiger partial charge < -0.3 is 39.9 Å². The molecule has 4 N–H and O–H groups in total. The molecule has 0 radical (unpaired) electrons. The largest absolute Gasteiger partial charge is 0.453 e. The van der Waals surface area contributed by atoms with Gasteiger partial charge in [-0.2, -0.15) is 0 Å². The lowest BCUT2D eigenvalue weighted by atomic mass is 10.0. The molecule has 2 aliphatic rings. The van der Waals surface area contributed by atoms with Crippen molar-refractivity contribution in [3.05, 3.63) is 66.4 Å². The maximum absolute atomic E-state index is 13.6. The number of pyridine rings is 1. The number of alkyl carbamates (subject to hydrolysis) is 2. The van der Waals surface area contributed by atoms with Crippen molar-refractivity contribution >= 4 is 45.9 Å². The number of amides is 4. The summed E-state index contributed by atoms with van der Waals surface area (Å²) < 4.78 is 9.53. The molecule has 2 saturated heterocycles. The molecular formula is C41H49N9O6. The zero-order valence-electron chi connectivity index (χ0n) is 32.6. The van der Waals surface area contributed by atoms with Crippen LogP contribution in [0.4, 0.5) is 9.59 Å². The zero-order valence-corrected chi connectivity index (χ0v) is 32.6. The fraction of sp³-hybridized carbons (Fsp3) is 0.439. The third-order valence-electron chi connectivity index (χ3n) is 10.9. The quantitative estimate of drug-likeness (QED) is 0.127. The van der Waals surface area contributed by atoms with Crippen LogP contribution in [0.2, 0.25) is 0 Å². The van der Waals surface area contributed by atoms with E-state index in [-0.39, 0.29) is 35.7 Å². The first-order chi connectivity index (χ1) is 26.9. The molecule has 3 aromatic heterocycles. The first-order valence-corrected chi connectivity index (χ1v) is 19.2. The normalized spacial score (nSPS) is 18.1. The molecule has 5 aromatic rings. The molecule has 4 amide bonds. The number of aromatic amines is 2. The Morgan fingerprint density at radius 3 is 1.84 bits per heavy atom. The van der Waals surface area contributed by atoms with E-state index in [0.717, 1.165) is 64.5 Å². The molecule has 4 atom stereocenters. The van der Waals surface area contributed by atoms with Crippen molar-refractivity contribution in [2.45, 2.75) is 77.5 Å². The number of H-pyrrole nitrogens is 2. The molecule has 0 aliphatic carbocycles. The number of ether oxygens (including phenoxy) is 2. The first-order valence-electron chi connectivity index (χ1n) is 19.2. The van der Waals surface area contributed by atoms with Crippen LogP contribution in [-0.4, -0.2) is 98.1 Å². The Balaban J connectivity index is 1.07. The van der Waals surface area contributed by atoms with Crippen molar-refractivity contribution in [2.24, 2.45) is 11.8 Å². The summed E-state index contributed by atoms with van der Waals surface area (Å²) >= 11 is 0. The number of benzene rings is 2. The van der Waals surface area contributed by atoms with Crippen molar-refractivity contribution in [1.29, 1.82) is 0 Å². The molecule has 2 fully saturated rings. The number of carbonyl (C=O) groups is 4. The molecule has 15 nitrogen and oxygen atoms in total. The lowest BCUT2D eigenvalue weighted by molar-refractivity contribution is -0.136. The van der Waals surface area contributed by atoms with Gasteiger partial charge in [-0.3, -0.25) is 9.59 Å². The average Bonchev–Trinajstić information content (AvgIpc) is 4.03. The lowest BCUT2D eigenvalue weighted by Crippen LogP contribution is -2.51. The highest BCUT2D eigenvalue weighted by Gasteiger charge is 2.39. The van der Waals surface area contributed by atoms with E-state index in [4.69, 9.17) is 24.4 Å². The van der Waals surface area contributed by atoms with Crippen LogP contribution in [0.1, 0.15) is 77.1 Å². The highest BCUT2D eigenvalue weighted by molar-refractivity contribution is 5.91. The summed E-state index contributed by atoms with van der Waals surface area (Å²) in [5.74, 6) is 0.850. The van der Waals surface area contributed by atoms with Crippen LogP contribution in [0.5, 0.6) is 0 Å². The Labute approximate surface area is 324 Å². The van der Waals surface area contributed by atoms with Gasteiger partial charge in [0.25, 0.3) is 0 Å². The Bertz CT molecular complexity index is 2260. The van der Waals surface area contributed by atoms with Crippen molar-refractivity contribution in [3.8, 4) is 22.5 Å². The van der Waals surface area contributed by atoms with Crippen molar-refractivity contribution < 1.29 is 28.7 Å². The smallest absolute Gasteiger partial charge is 0.407 e. The summed E-state index contributed by atoms with van der Waals surface area (Å²) in [6, 6.07) is 14.5. The van der Waals surface area contributed by atoms with Crippen molar-refractivity contribution in [1.82, 2.24) is 45.4 Å². The average molecular weight is 764 g/mol. The van der Waals surface area contributed by atoms with Crippen LogP contribution >= 0.6 is 0 Å². The molecule has 4 unspecified atom stereocenters. The summed E-state index contributed by atoms with van der Waals surface area (Å²) in [6.45, 7) is 8.74. The van der Waals surface area contributed by atoms with Gasteiger partial charge in [0.2, 0.25) is 11.8 Å². The number of nitrogens with zero attached hydrogens (tertiary/aromatic N) is 5. The monoisotopic (exact) mass is 763 g/mol. The third kappa shape index (κ3) is 7.62. The van der Waals surface area contributed by atoms with Gasteiger partial charge in [-0.05, 0) is 72.6 Å². The summed E-state index contributed by atoms with van der Waals surface area (Å²) in [5.41, 5.74) is 4.89. The van der Waals surface area contributed by atoms with Crippen molar-refractivity contribution in [2.75, 3.05) is 27.3 Å². The summed E-state index contributed by atoms with van der Waals surface area (Å²) in [7, 11) is 2.57. The molecular weight excluding hydrogens is 715 g/mol. The van der Waals surface area contributed by atoms with Gasteiger partial charge in [0.1, 0.15) is 23.7 Å². The Hall–Kier alpha value is -5.99. The zero-order chi connectivity index (χ0) is 39.7. The Morgan fingerprint density at radius 2 is 1.27 bits per heavy atom. The molecule has 5 heterocycles. The summed E-state index contributed by atoms with van der Waals surface area (Å²) in [5, 5.41) is 7.48.